The largest absolute Gasteiger partial charge is 0.452 e. The normalized spacial score (nSPS) is 21.2. The maximum absolute atomic E-state index is 12.7. The number of halogens is 1. The summed E-state index contributed by atoms with van der Waals surface area (Å²) in [6, 6.07) is 1.61. The van der Waals surface area contributed by atoms with E-state index in [0.717, 1.165) is 19.4 Å². The van der Waals surface area contributed by atoms with Crippen LogP contribution >= 0.6 is 15.9 Å². The summed E-state index contributed by atoms with van der Waals surface area (Å²) in [5, 5.41) is 3.12. The van der Waals surface area contributed by atoms with Gasteiger partial charge in [0.05, 0.1) is 6.54 Å². The minimum Gasteiger partial charge on any atom is -0.452 e. The summed E-state index contributed by atoms with van der Waals surface area (Å²) in [6.07, 6.45) is 2.00. The van der Waals surface area contributed by atoms with Crippen molar-refractivity contribution in [3.63, 3.8) is 0 Å². The summed E-state index contributed by atoms with van der Waals surface area (Å²) in [5.74, 6) is 1.03. The molecule has 1 aromatic rings. The molecule has 0 aromatic carbocycles. The van der Waals surface area contributed by atoms with Crippen molar-refractivity contribution in [2.45, 2.75) is 38.1 Å². The van der Waals surface area contributed by atoms with Gasteiger partial charge in [-0.05, 0) is 41.2 Å². The van der Waals surface area contributed by atoms with Crippen LogP contribution < -0.4 is 5.32 Å². The first kappa shape index (κ1) is 16.0. The van der Waals surface area contributed by atoms with Gasteiger partial charge < -0.3 is 9.73 Å². The third-order valence-electron chi connectivity index (χ3n) is 3.49. The highest BCUT2D eigenvalue weighted by Gasteiger charge is 2.32. The number of hydrogen-bond acceptors (Lipinski definition) is 4. The number of rotatable bonds is 5. The quantitative estimate of drug-likeness (QED) is 0.871. The van der Waals surface area contributed by atoms with E-state index in [2.05, 4.69) is 28.2 Å². The molecule has 114 valence electrons. The van der Waals surface area contributed by atoms with Gasteiger partial charge in [-0.3, -0.25) is 0 Å². The van der Waals surface area contributed by atoms with Crippen molar-refractivity contribution in [1.29, 1.82) is 0 Å². The molecule has 0 amide bonds. The highest BCUT2D eigenvalue weighted by atomic mass is 79.9. The van der Waals surface area contributed by atoms with Crippen molar-refractivity contribution in [3.05, 3.63) is 16.5 Å². The Morgan fingerprint density at radius 2 is 2.30 bits per heavy atom. The fraction of sp³-hybridized carbons (Fsp3) is 0.692. The van der Waals surface area contributed by atoms with Gasteiger partial charge in [-0.1, -0.05) is 13.8 Å². The molecule has 0 aliphatic carbocycles. The molecular weight excluding hydrogens is 344 g/mol. The van der Waals surface area contributed by atoms with Crippen LogP contribution in [0.3, 0.4) is 0 Å². The zero-order valence-corrected chi connectivity index (χ0v) is 14.3. The third-order valence-corrected chi connectivity index (χ3v) is 6.22. The Morgan fingerprint density at radius 3 is 2.95 bits per heavy atom. The monoisotopic (exact) mass is 364 g/mol. The minimum atomic E-state index is -3.46. The lowest BCUT2D eigenvalue weighted by molar-refractivity contribution is 0.281. The van der Waals surface area contributed by atoms with Crippen LogP contribution in [0.1, 0.15) is 32.4 Å². The molecule has 2 rings (SSSR count). The summed E-state index contributed by atoms with van der Waals surface area (Å²) in [6.45, 7) is 6.59. The minimum absolute atomic E-state index is 0.236. The average Bonchev–Trinajstić information content (AvgIpc) is 2.78. The summed E-state index contributed by atoms with van der Waals surface area (Å²) < 4.78 is 32.6. The van der Waals surface area contributed by atoms with E-state index < -0.39 is 10.0 Å². The SMILES string of the molecule is CCNCc1cc(S(=O)(=O)N2CCCC(C)C2)c(Br)o1. The maximum Gasteiger partial charge on any atom is 0.247 e. The molecule has 0 radical (unpaired) electrons. The van der Waals surface area contributed by atoms with Crippen LogP contribution in [0.5, 0.6) is 0 Å². The standard InChI is InChI=1S/C13H21BrN2O3S/c1-3-15-8-11-7-12(13(14)19-11)20(17,18)16-6-4-5-10(2)9-16/h7,10,15H,3-6,8-9H2,1-2H3. The van der Waals surface area contributed by atoms with Gasteiger partial charge in [-0.2, -0.15) is 4.31 Å². The fourth-order valence-electron chi connectivity index (χ4n) is 2.41. The molecule has 1 saturated heterocycles. The first-order valence-electron chi connectivity index (χ1n) is 6.94. The molecule has 1 aliphatic rings. The van der Waals surface area contributed by atoms with Gasteiger partial charge in [0, 0.05) is 19.2 Å². The lowest BCUT2D eigenvalue weighted by Crippen LogP contribution is -2.39. The molecule has 1 aliphatic heterocycles. The second-order valence-corrected chi connectivity index (χ2v) is 7.87. The number of furan rings is 1. The highest BCUT2D eigenvalue weighted by Crippen LogP contribution is 2.31. The third kappa shape index (κ3) is 3.44. The molecule has 0 saturated carbocycles. The van der Waals surface area contributed by atoms with Crippen molar-refractivity contribution in [3.8, 4) is 0 Å². The fourth-order valence-corrected chi connectivity index (χ4v) is 4.97. The molecule has 0 spiro atoms. The van der Waals surface area contributed by atoms with Crippen LogP contribution in [-0.2, 0) is 16.6 Å². The van der Waals surface area contributed by atoms with E-state index in [0.29, 0.717) is 36.0 Å². The van der Waals surface area contributed by atoms with Crippen LogP contribution in [0.2, 0.25) is 0 Å². The Kier molecular flexibility index (Phi) is 5.28. The molecule has 1 atom stereocenters. The molecule has 5 nitrogen and oxygen atoms in total. The highest BCUT2D eigenvalue weighted by molar-refractivity contribution is 9.10. The van der Waals surface area contributed by atoms with Crippen LogP contribution in [-0.4, -0.2) is 32.4 Å². The number of nitrogens with one attached hydrogen (secondary N) is 1. The van der Waals surface area contributed by atoms with Crippen LogP contribution in [0.15, 0.2) is 20.0 Å². The lowest BCUT2D eigenvalue weighted by Gasteiger charge is -2.29. The van der Waals surface area contributed by atoms with Crippen molar-refractivity contribution in [2.75, 3.05) is 19.6 Å². The van der Waals surface area contributed by atoms with Crippen molar-refractivity contribution >= 4 is 26.0 Å². The molecule has 2 heterocycles. The van der Waals surface area contributed by atoms with E-state index in [-0.39, 0.29) is 4.90 Å². The summed E-state index contributed by atoms with van der Waals surface area (Å²) in [7, 11) is -3.46. The smallest absolute Gasteiger partial charge is 0.247 e. The Morgan fingerprint density at radius 1 is 1.55 bits per heavy atom. The summed E-state index contributed by atoms with van der Waals surface area (Å²) >= 11 is 3.23. The lowest BCUT2D eigenvalue weighted by atomic mass is 10.0. The predicted octanol–water partition coefficient (Wildman–Crippen LogP) is 2.57. The average molecular weight is 365 g/mol. The van der Waals surface area contributed by atoms with Crippen molar-refractivity contribution in [2.24, 2.45) is 5.92 Å². The molecule has 20 heavy (non-hydrogen) atoms. The number of sulfonamides is 1. The Bertz CT molecular complexity index is 556. The van der Waals surface area contributed by atoms with Gasteiger partial charge in [-0.15, -0.1) is 0 Å². The second kappa shape index (κ2) is 6.60. The zero-order valence-electron chi connectivity index (χ0n) is 11.9. The van der Waals surface area contributed by atoms with Crippen molar-refractivity contribution < 1.29 is 12.8 Å². The maximum atomic E-state index is 12.7. The first-order valence-corrected chi connectivity index (χ1v) is 9.17. The molecule has 1 fully saturated rings. The number of hydrogen-bond donors (Lipinski definition) is 1. The summed E-state index contributed by atoms with van der Waals surface area (Å²) in [4.78, 5) is 0.236. The molecule has 7 heteroatoms. The molecule has 0 bridgehead atoms. The Hall–Kier alpha value is -0.370. The van der Waals surface area contributed by atoms with E-state index >= 15 is 0 Å². The van der Waals surface area contributed by atoms with E-state index in [9.17, 15) is 8.42 Å². The predicted molar refractivity (Wildman–Crippen MR) is 80.9 cm³/mol. The molecule has 1 N–H and O–H groups in total. The van der Waals surface area contributed by atoms with E-state index in [4.69, 9.17) is 4.42 Å². The number of piperidine rings is 1. The van der Waals surface area contributed by atoms with Gasteiger partial charge in [0.1, 0.15) is 10.7 Å². The number of nitrogens with zero attached hydrogens (tertiary/aromatic N) is 1. The van der Waals surface area contributed by atoms with E-state index in [1.54, 1.807) is 10.4 Å². The Balaban J connectivity index is 2.22. The van der Waals surface area contributed by atoms with Gasteiger partial charge in [0.25, 0.3) is 0 Å². The first-order chi connectivity index (χ1) is 9.45. The van der Waals surface area contributed by atoms with Crippen LogP contribution in [0.25, 0.3) is 0 Å². The molecular formula is C13H21BrN2O3S. The zero-order chi connectivity index (χ0) is 14.8. The Labute approximate surface area is 128 Å². The van der Waals surface area contributed by atoms with E-state index in [1.165, 1.54) is 0 Å². The van der Waals surface area contributed by atoms with Crippen LogP contribution in [0, 0.1) is 5.92 Å². The molecule has 1 unspecified atom stereocenters. The van der Waals surface area contributed by atoms with Crippen molar-refractivity contribution in [1.82, 2.24) is 9.62 Å². The topological polar surface area (TPSA) is 62.6 Å². The van der Waals surface area contributed by atoms with E-state index in [1.807, 2.05) is 6.92 Å². The second-order valence-electron chi connectivity index (χ2n) is 5.24. The van der Waals surface area contributed by atoms with Crippen LogP contribution in [0.4, 0.5) is 0 Å². The van der Waals surface area contributed by atoms with Gasteiger partial charge in [0.2, 0.25) is 10.0 Å². The van der Waals surface area contributed by atoms with Gasteiger partial charge >= 0.3 is 0 Å². The van der Waals surface area contributed by atoms with Gasteiger partial charge in [0.15, 0.2) is 4.67 Å². The van der Waals surface area contributed by atoms with Gasteiger partial charge in [-0.25, -0.2) is 8.42 Å². The molecule has 1 aromatic heterocycles. The summed E-state index contributed by atoms with van der Waals surface area (Å²) in [5.41, 5.74) is 0.